The van der Waals surface area contributed by atoms with Crippen LogP contribution in [0.5, 0.6) is 5.75 Å². The highest BCUT2D eigenvalue weighted by atomic mass is 32.2. The topological polar surface area (TPSA) is 208 Å². The fourth-order valence-corrected chi connectivity index (χ4v) is 3.99. The molecule has 3 amide bonds. The summed E-state index contributed by atoms with van der Waals surface area (Å²) in [6.45, 7) is 3.72. The van der Waals surface area contributed by atoms with Crippen molar-refractivity contribution in [3.05, 3.63) is 29.8 Å². The zero-order chi connectivity index (χ0) is 28.8. The quantitative estimate of drug-likeness (QED) is 0.141. The number of carbonyl (C=O) groups is 5. The Bertz CT molecular complexity index is 957. The molecule has 0 aromatic heterocycles. The van der Waals surface area contributed by atoms with Crippen LogP contribution in [-0.4, -0.2) is 81.2 Å². The van der Waals surface area contributed by atoms with Crippen molar-refractivity contribution in [2.75, 3.05) is 12.0 Å². The Labute approximate surface area is 226 Å². The van der Waals surface area contributed by atoms with E-state index in [4.69, 9.17) is 10.8 Å². The van der Waals surface area contributed by atoms with Gasteiger partial charge in [-0.15, -0.1) is 0 Å². The number of rotatable bonds is 17. The molecule has 1 rings (SSSR count). The number of nitrogens with one attached hydrogen (secondary N) is 3. The van der Waals surface area contributed by atoms with E-state index < -0.39 is 60.2 Å². The highest BCUT2D eigenvalue weighted by Gasteiger charge is 2.31. The Kier molecular flexibility index (Phi) is 14.2. The minimum absolute atomic E-state index is 0.00378. The smallest absolute Gasteiger partial charge is 0.326 e. The molecule has 38 heavy (non-hydrogen) atoms. The molecule has 1 aromatic rings. The number of amides is 3. The largest absolute Gasteiger partial charge is 0.508 e. The summed E-state index contributed by atoms with van der Waals surface area (Å²) in [4.78, 5) is 61.4. The average molecular weight is 555 g/mol. The summed E-state index contributed by atoms with van der Waals surface area (Å²) in [6, 6.07) is 1.33. The normalized spacial score (nSPS) is 14.1. The van der Waals surface area contributed by atoms with Crippen molar-refractivity contribution in [3.63, 3.8) is 0 Å². The lowest BCUT2D eigenvalue weighted by Gasteiger charge is -2.26. The minimum atomic E-state index is -1.49. The van der Waals surface area contributed by atoms with E-state index in [0.717, 1.165) is 0 Å². The van der Waals surface area contributed by atoms with E-state index in [1.54, 1.807) is 12.1 Å². The zero-order valence-corrected chi connectivity index (χ0v) is 22.6. The summed E-state index contributed by atoms with van der Waals surface area (Å²) in [5.41, 5.74) is 6.50. The number of carboxylic acid groups (broad SMARTS) is 2. The summed E-state index contributed by atoms with van der Waals surface area (Å²) in [5.74, 6) is -3.96. The van der Waals surface area contributed by atoms with E-state index in [2.05, 4.69) is 16.0 Å². The maximum Gasteiger partial charge on any atom is 0.326 e. The zero-order valence-electron chi connectivity index (χ0n) is 21.8. The van der Waals surface area contributed by atoms with Gasteiger partial charge in [-0.3, -0.25) is 19.2 Å². The van der Waals surface area contributed by atoms with E-state index in [1.165, 1.54) is 23.9 Å². The molecule has 4 unspecified atom stereocenters. The van der Waals surface area contributed by atoms with Crippen LogP contribution in [0.1, 0.15) is 45.1 Å². The number of thioether (sulfide) groups is 1. The molecular formula is C25H38N4O8S. The summed E-state index contributed by atoms with van der Waals surface area (Å²) in [5, 5.41) is 35.4. The highest BCUT2D eigenvalue weighted by molar-refractivity contribution is 7.98. The Hall–Kier alpha value is -3.32. The van der Waals surface area contributed by atoms with E-state index in [0.29, 0.717) is 17.7 Å². The van der Waals surface area contributed by atoms with Gasteiger partial charge in [-0.1, -0.05) is 26.0 Å². The van der Waals surface area contributed by atoms with Crippen LogP contribution in [-0.2, 0) is 30.4 Å². The summed E-state index contributed by atoms with van der Waals surface area (Å²) in [7, 11) is 0. The monoisotopic (exact) mass is 554 g/mol. The number of benzene rings is 1. The van der Waals surface area contributed by atoms with Crippen molar-refractivity contribution in [2.24, 2.45) is 11.7 Å². The van der Waals surface area contributed by atoms with Crippen LogP contribution in [0.4, 0.5) is 0 Å². The van der Waals surface area contributed by atoms with Gasteiger partial charge in [0.15, 0.2) is 0 Å². The first-order valence-corrected chi connectivity index (χ1v) is 13.6. The molecule has 13 heteroatoms. The van der Waals surface area contributed by atoms with Crippen LogP contribution in [0.3, 0.4) is 0 Å². The van der Waals surface area contributed by atoms with Crippen molar-refractivity contribution in [1.82, 2.24) is 16.0 Å². The van der Waals surface area contributed by atoms with Crippen LogP contribution in [0.15, 0.2) is 24.3 Å². The van der Waals surface area contributed by atoms with Crippen molar-refractivity contribution >= 4 is 41.4 Å². The van der Waals surface area contributed by atoms with Gasteiger partial charge >= 0.3 is 11.9 Å². The second-order valence-corrected chi connectivity index (χ2v) is 10.3. The third-order valence-electron chi connectivity index (χ3n) is 5.58. The first kappa shape index (κ1) is 32.7. The molecule has 0 aliphatic carbocycles. The molecule has 1 aromatic carbocycles. The van der Waals surface area contributed by atoms with E-state index in [9.17, 15) is 34.2 Å². The summed E-state index contributed by atoms with van der Waals surface area (Å²) < 4.78 is 0. The fraction of sp³-hybridized carbons (Fsp3) is 0.560. The van der Waals surface area contributed by atoms with E-state index in [-0.39, 0.29) is 30.9 Å². The van der Waals surface area contributed by atoms with Crippen LogP contribution in [0.25, 0.3) is 0 Å². The maximum atomic E-state index is 13.3. The molecule has 0 heterocycles. The second-order valence-electron chi connectivity index (χ2n) is 9.34. The highest BCUT2D eigenvalue weighted by Crippen LogP contribution is 2.13. The Morgan fingerprint density at radius 1 is 0.868 bits per heavy atom. The van der Waals surface area contributed by atoms with Crippen LogP contribution in [0, 0.1) is 5.92 Å². The molecule has 0 radical (unpaired) electrons. The number of aromatic hydroxyl groups is 1. The SMILES string of the molecule is CSCCC(N)C(=O)NC(CC(C)C)C(=O)NC(Cc1ccc(O)cc1)C(=O)NC(CCC(=O)O)C(=O)O. The molecule has 12 nitrogen and oxygen atoms in total. The number of aliphatic carboxylic acids is 2. The molecule has 0 spiro atoms. The lowest BCUT2D eigenvalue weighted by molar-refractivity contribution is -0.143. The predicted octanol–water partition coefficient (Wildman–Crippen LogP) is 0.465. The van der Waals surface area contributed by atoms with Gasteiger partial charge < -0.3 is 37.0 Å². The molecule has 4 atom stereocenters. The molecular weight excluding hydrogens is 516 g/mol. The maximum absolute atomic E-state index is 13.3. The average Bonchev–Trinajstić information content (AvgIpc) is 2.84. The Morgan fingerprint density at radius 2 is 1.42 bits per heavy atom. The molecule has 8 N–H and O–H groups in total. The standard InChI is InChI=1S/C25H38N4O8S/c1-14(2)12-19(28-22(33)17(26)10-11-38-3)23(34)29-20(13-15-4-6-16(30)7-5-15)24(35)27-18(25(36)37)8-9-21(31)32/h4-7,14,17-20,30H,8-13,26H2,1-3H3,(H,27,35)(H,28,33)(H,29,34)(H,31,32)(H,36,37). The molecule has 0 bridgehead atoms. The van der Waals surface area contributed by atoms with E-state index in [1.807, 2.05) is 20.1 Å². The van der Waals surface area contributed by atoms with Crippen molar-refractivity contribution < 1.29 is 39.3 Å². The lowest BCUT2D eigenvalue weighted by atomic mass is 10.00. The third kappa shape index (κ3) is 12.3. The van der Waals surface area contributed by atoms with Gasteiger partial charge in [-0.05, 0) is 54.9 Å². The first-order valence-electron chi connectivity index (χ1n) is 12.2. The number of phenols is 1. The molecule has 212 valence electrons. The van der Waals surface area contributed by atoms with E-state index >= 15 is 0 Å². The number of phenolic OH excluding ortho intramolecular Hbond substituents is 1. The molecule has 0 saturated carbocycles. The number of nitrogens with two attached hydrogens (primary N) is 1. The van der Waals surface area contributed by atoms with Gasteiger partial charge in [0.05, 0.1) is 6.04 Å². The number of carboxylic acids is 2. The lowest BCUT2D eigenvalue weighted by Crippen LogP contribution is -2.58. The molecule has 0 aliphatic heterocycles. The number of hydrogen-bond acceptors (Lipinski definition) is 8. The number of hydrogen-bond donors (Lipinski definition) is 7. The van der Waals surface area contributed by atoms with Crippen LogP contribution in [0.2, 0.25) is 0 Å². The van der Waals surface area contributed by atoms with Crippen molar-refractivity contribution in [2.45, 2.75) is 70.1 Å². The van der Waals surface area contributed by atoms with Crippen LogP contribution >= 0.6 is 11.8 Å². The van der Waals surface area contributed by atoms with Crippen molar-refractivity contribution in [1.29, 1.82) is 0 Å². The van der Waals surface area contributed by atoms with Gasteiger partial charge in [-0.25, -0.2) is 4.79 Å². The minimum Gasteiger partial charge on any atom is -0.508 e. The Balaban J connectivity index is 3.14. The Morgan fingerprint density at radius 3 is 1.95 bits per heavy atom. The summed E-state index contributed by atoms with van der Waals surface area (Å²) in [6.07, 6.45) is 1.68. The summed E-state index contributed by atoms with van der Waals surface area (Å²) >= 11 is 1.53. The van der Waals surface area contributed by atoms with Crippen LogP contribution < -0.4 is 21.7 Å². The first-order chi connectivity index (χ1) is 17.8. The fourth-order valence-electron chi connectivity index (χ4n) is 3.50. The number of carbonyl (C=O) groups excluding carboxylic acids is 3. The third-order valence-corrected chi connectivity index (χ3v) is 6.22. The predicted molar refractivity (Wildman–Crippen MR) is 143 cm³/mol. The molecule has 0 saturated heterocycles. The van der Waals surface area contributed by atoms with Gasteiger partial charge in [0.25, 0.3) is 0 Å². The second kappa shape index (κ2) is 16.5. The van der Waals surface area contributed by atoms with Gasteiger partial charge in [0.2, 0.25) is 17.7 Å². The van der Waals surface area contributed by atoms with Crippen molar-refractivity contribution in [3.8, 4) is 5.75 Å². The van der Waals surface area contributed by atoms with Gasteiger partial charge in [-0.2, -0.15) is 11.8 Å². The van der Waals surface area contributed by atoms with Gasteiger partial charge in [0, 0.05) is 12.8 Å². The van der Waals surface area contributed by atoms with Gasteiger partial charge in [0.1, 0.15) is 23.9 Å². The molecule has 0 aliphatic rings. The molecule has 0 fully saturated rings.